The van der Waals surface area contributed by atoms with Crippen LogP contribution in [0.5, 0.6) is 0 Å². The summed E-state index contributed by atoms with van der Waals surface area (Å²) in [5, 5.41) is 23.2. The SMILES string of the molecule is CC(C)(C)Cc1ccc(C2(C(C)(C)CO)OC3(c4ccc(CC(C)(C)C)cc4)OP4OC5(O4)OC4(C(C)(C)CO)OP6OC(O6)(O4)C53C(c3ccc(CC(C)(C)C)cc3)(c3ccc(CC(C)(C)C)cc3)O2)cc1. The molecule has 5 bridgehead atoms. The van der Waals surface area contributed by atoms with Gasteiger partial charge in [0.1, 0.15) is 5.60 Å². The van der Waals surface area contributed by atoms with Gasteiger partial charge in [0.2, 0.25) is 17.0 Å². The highest BCUT2D eigenvalue weighted by Gasteiger charge is 3.04. The molecule has 3 spiro atoms. The van der Waals surface area contributed by atoms with Gasteiger partial charge in [0.25, 0.3) is 0 Å². The van der Waals surface area contributed by atoms with Gasteiger partial charge in [0.05, 0.1) is 18.6 Å². The molecule has 0 amide bonds. The Morgan fingerprint density at radius 3 is 1.04 bits per heavy atom. The summed E-state index contributed by atoms with van der Waals surface area (Å²) < 4.78 is 73.8. The lowest BCUT2D eigenvalue weighted by molar-refractivity contribution is -0.736. The average molecular weight is 1040 g/mol. The number of ether oxygens (including phenoxy) is 4. The van der Waals surface area contributed by atoms with Crippen LogP contribution in [0.2, 0.25) is 0 Å². The van der Waals surface area contributed by atoms with Crippen LogP contribution in [0.15, 0.2) is 97.1 Å². The fraction of sp³-hybridized carbons (Fsp3) is 0.593. The lowest BCUT2D eigenvalue weighted by Gasteiger charge is -2.82. The van der Waals surface area contributed by atoms with Gasteiger partial charge in [-0.1, -0.05) is 194 Å². The van der Waals surface area contributed by atoms with E-state index >= 15 is 0 Å². The van der Waals surface area contributed by atoms with E-state index in [0.717, 1.165) is 47.9 Å². The van der Waals surface area contributed by atoms with Crippen LogP contribution >= 0.6 is 17.2 Å². The molecule has 0 aliphatic carbocycles. The van der Waals surface area contributed by atoms with Crippen LogP contribution in [0.25, 0.3) is 0 Å². The predicted octanol–water partition coefficient (Wildman–Crippen LogP) is 13.7. The first-order chi connectivity index (χ1) is 33.8. The quantitative estimate of drug-likeness (QED) is 0.131. The molecule has 0 radical (unpaired) electrons. The Labute approximate surface area is 436 Å². The minimum atomic E-state index is -2.28. The van der Waals surface area contributed by atoms with E-state index in [0.29, 0.717) is 22.3 Å². The second kappa shape index (κ2) is 17.1. The van der Waals surface area contributed by atoms with Crippen molar-refractivity contribution in [1.82, 2.24) is 0 Å². The van der Waals surface area contributed by atoms with Crippen LogP contribution in [0.1, 0.15) is 155 Å². The molecule has 4 unspecified atom stereocenters. The van der Waals surface area contributed by atoms with E-state index in [4.69, 9.17) is 46.1 Å². The van der Waals surface area contributed by atoms with Gasteiger partial charge in [-0.05, 0) is 94.6 Å². The molecule has 8 saturated heterocycles. The van der Waals surface area contributed by atoms with Gasteiger partial charge in [-0.15, -0.1) is 0 Å². The van der Waals surface area contributed by atoms with E-state index in [1.54, 1.807) is 13.8 Å². The molecule has 4 aromatic carbocycles. The van der Waals surface area contributed by atoms with Gasteiger partial charge >= 0.3 is 35.1 Å². The normalized spacial score (nSPS) is 32.7. The molecule has 4 aromatic rings. The first-order valence-electron chi connectivity index (χ1n) is 25.9. The smallest absolute Gasteiger partial charge is 0.346 e. The third-order valence-electron chi connectivity index (χ3n) is 15.1. The summed E-state index contributed by atoms with van der Waals surface area (Å²) >= 11 is 0. The molecule has 396 valence electrons. The molecule has 14 heteroatoms. The van der Waals surface area contributed by atoms with Crippen LogP contribution in [-0.4, -0.2) is 41.3 Å². The number of aliphatic hydroxyl groups is 2. The van der Waals surface area contributed by atoms with Crippen molar-refractivity contribution in [2.75, 3.05) is 13.2 Å². The zero-order valence-corrected chi connectivity index (χ0v) is 47.6. The Bertz CT molecular complexity index is 2620. The maximum Gasteiger partial charge on any atom is 0.346 e. The van der Waals surface area contributed by atoms with Crippen LogP contribution < -0.4 is 0 Å². The molecular formula is C59H78O12P2. The fourth-order valence-electron chi connectivity index (χ4n) is 11.8. The number of aliphatic hydroxyl groups excluding tert-OH is 2. The van der Waals surface area contributed by atoms with Crippen molar-refractivity contribution in [1.29, 1.82) is 0 Å². The van der Waals surface area contributed by atoms with E-state index < -0.39 is 75.2 Å². The largest absolute Gasteiger partial charge is 0.396 e. The number of rotatable bonds is 12. The number of hydrogen-bond acceptors (Lipinski definition) is 12. The first-order valence-corrected chi connectivity index (χ1v) is 28.1. The van der Waals surface area contributed by atoms with E-state index in [2.05, 4.69) is 156 Å². The van der Waals surface area contributed by atoms with Crippen molar-refractivity contribution >= 4 is 17.2 Å². The molecule has 0 aromatic heterocycles. The van der Waals surface area contributed by atoms with Crippen molar-refractivity contribution in [3.05, 3.63) is 142 Å². The second-order valence-corrected chi connectivity index (χ2v) is 29.5. The number of hydrogen-bond donors (Lipinski definition) is 2. The summed E-state index contributed by atoms with van der Waals surface area (Å²) in [7, 11) is -4.48. The molecule has 8 heterocycles. The molecule has 8 fully saturated rings. The molecule has 73 heavy (non-hydrogen) atoms. The average Bonchev–Trinajstić information content (AvgIpc) is 3.26. The summed E-state index contributed by atoms with van der Waals surface area (Å²) in [5.41, 5.74) is 0.0542. The van der Waals surface area contributed by atoms with Crippen LogP contribution in [0.4, 0.5) is 0 Å². The summed E-state index contributed by atoms with van der Waals surface area (Å²) in [6.45, 7) is 33.3. The van der Waals surface area contributed by atoms with E-state index in [1.807, 2.05) is 38.1 Å². The van der Waals surface area contributed by atoms with Crippen molar-refractivity contribution in [3.63, 3.8) is 0 Å². The molecule has 8 aliphatic rings. The maximum atomic E-state index is 12.0. The van der Waals surface area contributed by atoms with Crippen LogP contribution in [-0.2, 0) is 88.9 Å². The van der Waals surface area contributed by atoms with Gasteiger partial charge in [0, 0.05) is 16.5 Å². The summed E-state index contributed by atoms with van der Waals surface area (Å²) in [6.07, 6.45) is 3.18. The minimum absolute atomic E-state index is 0.00386. The summed E-state index contributed by atoms with van der Waals surface area (Å²) in [6, 6.07) is 33.4. The molecule has 4 atom stereocenters. The highest BCUT2D eigenvalue weighted by Crippen LogP contribution is 2.93. The summed E-state index contributed by atoms with van der Waals surface area (Å²) in [5.74, 6) is -10.6. The van der Waals surface area contributed by atoms with Crippen LogP contribution in [0, 0.1) is 37.9 Å². The monoisotopic (exact) mass is 1040 g/mol. The Morgan fingerprint density at radius 1 is 0.370 bits per heavy atom. The number of benzene rings is 4. The lowest BCUT2D eigenvalue weighted by atomic mass is 9.53. The highest BCUT2D eigenvalue weighted by molar-refractivity contribution is 7.43. The van der Waals surface area contributed by atoms with Gasteiger partial charge in [-0.2, -0.15) is 0 Å². The van der Waals surface area contributed by atoms with Gasteiger partial charge in [0.15, 0.2) is 0 Å². The summed E-state index contributed by atoms with van der Waals surface area (Å²) in [4.78, 5) is 0. The molecular weight excluding hydrogens is 963 g/mol. The Morgan fingerprint density at radius 2 is 0.699 bits per heavy atom. The Hall–Kier alpha value is -2.74. The first kappa shape index (κ1) is 53.6. The molecule has 12 rings (SSSR count). The zero-order valence-electron chi connectivity index (χ0n) is 45.9. The second-order valence-electron chi connectivity index (χ2n) is 27.6. The zero-order chi connectivity index (χ0) is 52.9. The van der Waals surface area contributed by atoms with Gasteiger partial charge in [-0.3, -0.25) is 36.6 Å². The van der Waals surface area contributed by atoms with Gasteiger partial charge < -0.3 is 19.7 Å². The predicted molar refractivity (Wildman–Crippen MR) is 280 cm³/mol. The maximum absolute atomic E-state index is 12.0. The van der Waals surface area contributed by atoms with Crippen molar-refractivity contribution in [2.45, 2.75) is 172 Å². The van der Waals surface area contributed by atoms with Crippen molar-refractivity contribution in [2.24, 2.45) is 37.9 Å². The Balaban J connectivity index is 1.38. The minimum Gasteiger partial charge on any atom is -0.396 e. The van der Waals surface area contributed by atoms with E-state index in [1.165, 1.54) is 0 Å². The molecule has 0 saturated carbocycles. The Kier molecular flexibility index (Phi) is 12.6. The fourth-order valence-corrected chi connectivity index (χ4v) is 14.5. The third-order valence-corrected chi connectivity index (χ3v) is 17.4. The van der Waals surface area contributed by atoms with Gasteiger partial charge in [-0.25, -0.2) is 0 Å². The van der Waals surface area contributed by atoms with E-state index in [9.17, 15) is 10.2 Å². The van der Waals surface area contributed by atoms with E-state index in [-0.39, 0.29) is 28.3 Å². The lowest BCUT2D eigenvalue weighted by Crippen LogP contribution is -2.95. The van der Waals surface area contributed by atoms with Crippen LogP contribution in [0.3, 0.4) is 0 Å². The molecule has 12 nitrogen and oxygen atoms in total. The molecule has 2 N–H and O–H groups in total. The van der Waals surface area contributed by atoms with Crippen molar-refractivity contribution < 1.29 is 56.3 Å². The highest BCUT2D eigenvalue weighted by atomic mass is 31.2. The third kappa shape index (κ3) is 8.22. The topological polar surface area (TPSA) is 133 Å². The van der Waals surface area contributed by atoms with Crippen molar-refractivity contribution in [3.8, 4) is 0 Å². The standard InChI is InChI=1S/C59H78O12P2/c1-47(2,3)33-39-17-25-43(26-18-39)53(44-27-19-40(20-28-44)34-48(4,5)6)56-55(46-31-23-42(24-32-46)36-50(10,11)12,63-54(62-53,51(13,14)37-60)45-29-21-41(22-30-45)35-49(7,8)9)66-72-68-58(56,69-72)64-57(52(15,16)38-61)65-59(56)70-73(67-57)71-59/h17-32,60-61H,33-38H2,1-16H3. The molecule has 8 aliphatic heterocycles.